The molecule has 10 unspecified atom stereocenters. The van der Waals surface area contributed by atoms with Crippen molar-refractivity contribution in [2.24, 2.45) is 29.6 Å². The predicted molar refractivity (Wildman–Crippen MR) is 156 cm³/mol. The van der Waals surface area contributed by atoms with Gasteiger partial charge in [-0.25, -0.2) is 0 Å². The molecule has 218 valence electrons. The summed E-state index contributed by atoms with van der Waals surface area (Å²) in [6.45, 7) is 16.5. The molecule has 5 fully saturated rings. The lowest BCUT2D eigenvalue weighted by atomic mass is 9.49. The molecule has 10 atom stereocenters. The van der Waals surface area contributed by atoms with Gasteiger partial charge in [0.1, 0.15) is 0 Å². The van der Waals surface area contributed by atoms with Gasteiger partial charge >= 0.3 is 0 Å². The van der Waals surface area contributed by atoms with Crippen LogP contribution in [0.5, 0.6) is 0 Å². The van der Waals surface area contributed by atoms with Crippen molar-refractivity contribution in [3.63, 3.8) is 0 Å². The largest absolute Gasteiger partial charge is 0.414 e. The van der Waals surface area contributed by atoms with E-state index in [1.807, 2.05) is 0 Å². The van der Waals surface area contributed by atoms with Crippen LogP contribution in [-0.4, -0.2) is 49.2 Å². The van der Waals surface area contributed by atoms with Crippen molar-refractivity contribution in [2.75, 3.05) is 0 Å². The Labute approximate surface area is 237 Å². The third-order valence-corrected chi connectivity index (χ3v) is 16.2. The number of benzene rings is 1. The molecule has 0 radical (unpaired) electrons. The quantitative estimate of drug-likeness (QED) is 0.393. The van der Waals surface area contributed by atoms with Crippen LogP contribution in [0.25, 0.3) is 0 Å². The van der Waals surface area contributed by atoms with E-state index >= 15 is 0 Å². The molecule has 1 N–H and O–H groups in total. The molecule has 1 saturated heterocycles. The first-order chi connectivity index (χ1) is 18.3. The van der Waals surface area contributed by atoms with Crippen molar-refractivity contribution >= 4 is 8.32 Å². The van der Waals surface area contributed by atoms with Gasteiger partial charge in [-0.3, -0.25) is 0 Å². The minimum absolute atomic E-state index is 0.00983. The Morgan fingerprint density at radius 2 is 1.67 bits per heavy atom. The lowest BCUT2D eigenvalue weighted by Crippen LogP contribution is -2.69. The molecule has 0 bridgehead atoms. The van der Waals surface area contributed by atoms with E-state index in [-0.39, 0.29) is 47.2 Å². The summed E-state index contributed by atoms with van der Waals surface area (Å²) in [6.07, 6.45) is 7.51. The molecule has 1 aromatic carbocycles. The molecule has 6 heteroatoms. The Bertz CT molecular complexity index is 1020. The fourth-order valence-electron chi connectivity index (χ4n) is 9.04. The van der Waals surface area contributed by atoms with Crippen LogP contribution < -0.4 is 0 Å². The number of hydrogen-bond acceptors (Lipinski definition) is 5. The molecule has 6 rings (SSSR count). The van der Waals surface area contributed by atoms with Crippen LogP contribution in [0, 0.1) is 29.6 Å². The lowest BCUT2D eigenvalue weighted by Gasteiger charge is -2.61. The van der Waals surface area contributed by atoms with Gasteiger partial charge in [0.2, 0.25) is 0 Å². The monoisotopic (exact) mass is 556 g/mol. The van der Waals surface area contributed by atoms with Crippen molar-refractivity contribution in [1.82, 2.24) is 0 Å². The van der Waals surface area contributed by atoms with E-state index in [4.69, 9.17) is 18.6 Å². The summed E-state index contributed by atoms with van der Waals surface area (Å²) in [6, 6.07) is 10.5. The lowest BCUT2D eigenvalue weighted by molar-refractivity contribution is -0.252. The maximum absolute atomic E-state index is 12.7. The molecule has 0 spiro atoms. The van der Waals surface area contributed by atoms with Crippen LogP contribution in [0.3, 0.4) is 0 Å². The van der Waals surface area contributed by atoms with Gasteiger partial charge in [0.05, 0.1) is 30.5 Å². The molecular formula is C33H52O5Si. The fourth-order valence-corrected chi connectivity index (χ4v) is 10.4. The average Bonchev–Trinajstić information content (AvgIpc) is 3.41. The highest BCUT2D eigenvalue weighted by molar-refractivity contribution is 6.74. The van der Waals surface area contributed by atoms with Crippen LogP contribution in [0.1, 0.15) is 85.1 Å². The topological polar surface area (TPSA) is 57.2 Å². The predicted octanol–water partition coefficient (Wildman–Crippen LogP) is 7.08. The zero-order chi connectivity index (χ0) is 27.8. The second-order valence-corrected chi connectivity index (χ2v) is 20.2. The van der Waals surface area contributed by atoms with E-state index in [1.54, 1.807) is 0 Å². The second-order valence-electron chi connectivity index (χ2n) is 15.4. The fraction of sp³-hybridized carbons (Fsp3) is 0.818. The van der Waals surface area contributed by atoms with E-state index < -0.39 is 19.7 Å². The Hall–Kier alpha value is -0.763. The van der Waals surface area contributed by atoms with Crippen molar-refractivity contribution < 1.29 is 23.7 Å². The third kappa shape index (κ3) is 4.89. The third-order valence-electron chi connectivity index (χ3n) is 11.7. The summed E-state index contributed by atoms with van der Waals surface area (Å²) in [4.78, 5) is 0. The number of aliphatic hydroxyl groups is 1. The summed E-state index contributed by atoms with van der Waals surface area (Å²) in [5, 5.41) is 12.9. The van der Waals surface area contributed by atoms with Gasteiger partial charge in [0.25, 0.3) is 0 Å². The molecular weight excluding hydrogens is 504 g/mol. The first kappa shape index (κ1) is 28.4. The van der Waals surface area contributed by atoms with Gasteiger partial charge in [-0.15, -0.1) is 0 Å². The summed E-state index contributed by atoms with van der Waals surface area (Å²) >= 11 is 0. The Kier molecular flexibility index (Phi) is 7.21. The molecule has 39 heavy (non-hydrogen) atoms. The van der Waals surface area contributed by atoms with E-state index in [2.05, 4.69) is 78.0 Å². The smallest absolute Gasteiger partial charge is 0.192 e. The van der Waals surface area contributed by atoms with Crippen LogP contribution in [-0.2, 0) is 25.2 Å². The van der Waals surface area contributed by atoms with E-state index in [9.17, 15) is 5.11 Å². The van der Waals surface area contributed by atoms with Crippen molar-refractivity contribution in [1.29, 1.82) is 0 Å². The Morgan fingerprint density at radius 1 is 0.949 bits per heavy atom. The summed E-state index contributed by atoms with van der Waals surface area (Å²) < 4.78 is 27.5. The molecule has 0 aromatic heterocycles. The maximum Gasteiger partial charge on any atom is 0.192 e. The standard InChI is InChI=1S/C33H52O5Si/c1-31(2,3)39(6,7)38-25-17-16-22-23(25)19-26(35-20-21-13-9-8-10-14-21)28-27(22)30-29(36-32(4,5)37-30)24-15-11-12-18-33(24,28)34/h8-10,13-14,22-30,34H,11-12,15-20H2,1-7H3. The second kappa shape index (κ2) is 9.91. The van der Waals surface area contributed by atoms with Gasteiger partial charge in [0.15, 0.2) is 14.1 Å². The number of hydrogen-bond donors (Lipinski definition) is 1. The molecule has 5 aliphatic rings. The van der Waals surface area contributed by atoms with Gasteiger partial charge in [-0.05, 0) is 87.4 Å². The summed E-state index contributed by atoms with van der Waals surface area (Å²) in [7, 11) is -1.92. The number of ether oxygens (including phenoxy) is 3. The highest BCUT2D eigenvalue weighted by Gasteiger charge is 2.69. The van der Waals surface area contributed by atoms with Crippen molar-refractivity contribution in [2.45, 2.75) is 140 Å². The molecule has 4 saturated carbocycles. The maximum atomic E-state index is 12.7. The number of fused-ring (bicyclic) bond motifs is 8. The van der Waals surface area contributed by atoms with Crippen LogP contribution >= 0.6 is 0 Å². The molecule has 1 aliphatic heterocycles. The molecule has 1 heterocycles. The first-order valence-corrected chi connectivity index (χ1v) is 18.6. The van der Waals surface area contributed by atoms with Gasteiger partial charge in [0, 0.05) is 17.9 Å². The Balaban J connectivity index is 1.37. The molecule has 0 amide bonds. The minimum Gasteiger partial charge on any atom is -0.414 e. The van der Waals surface area contributed by atoms with Gasteiger partial charge in [-0.2, -0.15) is 0 Å². The molecule has 5 nitrogen and oxygen atoms in total. The molecule has 4 aliphatic carbocycles. The van der Waals surface area contributed by atoms with Gasteiger partial charge in [-0.1, -0.05) is 63.9 Å². The van der Waals surface area contributed by atoms with Crippen LogP contribution in [0.4, 0.5) is 0 Å². The van der Waals surface area contributed by atoms with E-state index in [1.165, 1.54) is 5.56 Å². The first-order valence-electron chi connectivity index (χ1n) is 15.7. The zero-order valence-electron chi connectivity index (χ0n) is 25.3. The average molecular weight is 557 g/mol. The zero-order valence-corrected chi connectivity index (χ0v) is 26.3. The normalized spacial score (nSPS) is 43.3. The van der Waals surface area contributed by atoms with E-state index in [0.29, 0.717) is 18.4 Å². The molecule has 1 aromatic rings. The summed E-state index contributed by atoms with van der Waals surface area (Å²) in [5.74, 6) is 0.684. The van der Waals surface area contributed by atoms with E-state index in [0.717, 1.165) is 44.9 Å². The summed E-state index contributed by atoms with van der Waals surface area (Å²) in [5.41, 5.74) is 0.428. The van der Waals surface area contributed by atoms with Gasteiger partial charge < -0.3 is 23.7 Å². The minimum atomic E-state index is -1.92. The van der Waals surface area contributed by atoms with Crippen LogP contribution in [0.2, 0.25) is 18.1 Å². The number of rotatable bonds is 5. The van der Waals surface area contributed by atoms with Crippen molar-refractivity contribution in [3.8, 4) is 0 Å². The highest BCUT2D eigenvalue weighted by atomic mass is 28.4. The van der Waals surface area contributed by atoms with Crippen LogP contribution in [0.15, 0.2) is 30.3 Å². The highest BCUT2D eigenvalue weighted by Crippen LogP contribution is 2.63. The van der Waals surface area contributed by atoms with Crippen molar-refractivity contribution in [3.05, 3.63) is 35.9 Å². The SMILES string of the molecule is CC1(C)OC2C(O1)C1CCCCC1(O)C1C(OCc3ccccc3)CC3C(O[Si](C)(C)C(C)(C)C)CCC3C21. The Morgan fingerprint density at radius 3 is 2.38 bits per heavy atom.